The minimum atomic E-state index is -0.123. The van der Waals surface area contributed by atoms with Gasteiger partial charge in [0.2, 0.25) is 11.7 Å². The highest BCUT2D eigenvalue weighted by atomic mass is 16.5. The normalized spacial score (nSPS) is 18.0. The monoisotopic (exact) mass is 395 g/mol. The molecule has 2 atom stereocenters. The van der Waals surface area contributed by atoms with E-state index < -0.39 is 0 Å². The number of rotatable bonds is 5. The van der Waals surface area contributed by atoms with E-state index >= 15 is 0 Å². The van der Waals surface area contributed by atoms with Crippen molar-refractivity contribution in [1.29, 1.82) is 0 Å². The third-order valence-electron chi connectivity index (χ3n) is 5.58. The predicted molar refractivity (Wildman–Crippen MR) is 109 cm³/mol. The fourth-order valence-electron chi connectivity index (χ4n) is 3.88. The van der Waals surface area contributed by atoms with Gasteiger partial charge in [-0.25, -0.2) is 4.68 Å². The first kappa shape index (κ1) is 19.0. The van der Waals surface area contributed by atoms with E-state index in [0.717, 1.165) is 12.0 Å². The number of aryl methyl sites for hydroxylation is 2. The Hall–Kier alpha value is -3.29. The zero-order valence-corrected chi connectivity index (χ0v) is 17.3. The largest absolute Gasteiger partial charge is 0.493 e. The fourth-order valence-corrected chi connectivity index (χ4v) is 3.88. The fraction of sp³-hybridized carbons (Fsp3) is 0.381. The quantitative estimate of drug-likeness (QED) is 0.708. The van der Waals surface area contributed by atoms with Gasteiger partial charge in [-0.2, -0.15) is 0 Å². The highest BCUT2D eigenvalue weighted by molar-refractivity contribution is 5.57. The first-order chi connectivity index (χ1) is 14.1. The molecule has 4 rings (SSSR count). The summed E-state index contributed by atoms with van der Waals surface area (Å²) in [7, 11) is 4.84. The summed E-state index contributed by atoms with van der Waals surface area (Å²) in [6.07, 6.45) is 0.756. The highest BCUT2D eigenvalue weighted by Gasteiger charge is 2.34. The zero-order chi connectivity index (χ0) is 20.5. The van der Waals surface area contributed by atoms with Crippen LogP contribution in [0.25, 0.3) is 0 Å². The van der Waals surface area contributed by atoms with E-state index in [0.29, 0.717) is 23.2 Å². The summed E-state index contributed by atoms with van der Waals surface area (Å²) >= 11 is 0. The van der Waals surface area contributed by atoms with Crippen LogP contribution in [-0.4, -0.2) is 41.5 Å². The van der Waals surface area contributed by atoms with E-state index in [1.54, 1.807) is 26.0 Å². The number of benzene rings is 2. The van der Waals surface area contributed by atoms with Gasteiger partial charge >= 0.3 is 0 Å². The van der Waals surface area contributed by atoms with Crippen molar-refractivity contribution < 1.29 is 14.2 Å². The second-order valence-corrected chi connectivity index (χ2v) is 7.16. The van der Waals surface area contributed by atoms with E-state index in [4.69, 9.17) is 14.2 Å². The van der Waals surface area contributed by atoms with E-state index in [1.165, 1.54) is 16.7 Å². The number of hydrogen-bond donors (Lipinski definition) is 1. The molecule has 1 aliphatic heterocycles. The lowest BCUT2D eigenvalue weighted by molar-refractivity contribution is 0.315. The standard InChI is InChI=1S/C21H25N5O3/c1-12-6-7-14(10-13(12)2)16-11-17(26-21(22-16)23-24-25-26)15-8-9-18(27-3)20(29-5)19(15)28-4/h6-10,16-17H,11H2,1-5H3,(H,22,23,25)/t16-,17-/m0/s1. The van der Waals surface area contributed by atoms with Gasteiger partial charge in [0.1, 0.15) is 0 Å². The van der Waals surface area contributed by atoms with Gasteiger partial charge in [-0.05, 0) is 59.5 Å². The summed E-state index contributed by atoms with van der Waals surface area (Å²) in [6, 6.07) is 10.3. The number of fused-ring (bicyclic) bond motifs is 1. The van der Waals surface area contributed by atoms with Gasteiger partial charge < -0.3 is 19.5 Å². The van der Waals surface area contributed by atoms with Crippen molar-refractivity contribution in [2.45, 2.75) is 32.4 Å². The van der Waals surface area contributed by atoms with Crippen molar-refractivity contribution in [2.75, 3.05) is 26.6 Å². The van der Waals surface area contributed by atoms with Crippen LogP contribution in [0.4, 0.5) is 5.95 Å². The van der Waals surface area contributed by atoms with Crippen LogP contribution in [0.15, 0.2) is 30.3 Å². The number of ether oxygens (including phenoxy) is 3. The molecule has 1 aromatic heterocycles. The molecule has 2 aromatic carbocycles. The molecule has 0 spiro atoms. The second kappa shape index (κ2) is 7.62. The van der Waals surface area contributed by atoms with Gasteiger partial charge in [-0.15, -0.1) is 0 Å². The number of nitrogens with zero attached hydrogens (tertiary/aromatic N) is 4. The third kappa shape index (κ3) is 3.24. The molecule has 0 saturated heterocycles. The van der Waals surface area contributed by atoms with Crippen LogP contribution in [0.1, 0.15) is 40.8 Å². The second-order valence-electron chi connectivity index (χ2n) is 7.16. The summed E-state index contributed by atoms with van der Waals surface area (Å²) in [5, 5.41) is 15.7. The van der Waals surface area contributed by atoms with Crippen molar-refractivity contribution in [1.82, 2.24) is 20.2 Å². The van der Waals surface area contributed by atoms with Crippen molar-refractivity contribution in [2.24, 2.45) is 0 Å². The number of methoxy groups -OCH3 is 3. The van der Waals surface area contributed by atoms with Crippen molar-refractivity contribution in [3.8, 4) is 17.2 Å². The molecule has 0 saturated carbocycles. The van der Waals surface area contributed by atoms with Crippen LogP contribution >= 0.6 is 0 Å². The minimum Gasteiger partial charge on any atom is -0.493 e. The van der Waals surface area contributed by atoms with Crippen molar-refractivity contribution in [3.63, 3.8) is 0 Å². The lowest BCUT2D eigenvalue weighted by atomic mass is 9.91. The molecule has 2 heterocycles. The maximum absolute atomic E-state index is 5.72. The number of nitrogens with one attached hydrogen (secondary N) is 1. The van der Waals surface area contributed by atoms with Gasteiger partial charge in [0, 0.05) is 5.56 Å². The van der Waals surface area contributed by atoms with Crippen molar-refractivity contribution in [3.05, 3.63) is 52.6 Å². The Morgan fingerprint density at radius 2 is 1.76 bits per heavy atom. The zero-order valence-electron chi connectivity index (χ0n) is 17.3. The Morgan fingerprint density at radius 1 is 0.966 bits per heavy atom. The third-order valence-corrected chi connectivity index (χ3v) is 5.58. The van der Waals surface area contributed by atoms with E-state index in [1.807, 2.05) is 12.1 Å². The van der Waals surface area contributed by atoms with Gasteiger partial charge in [0.05, 0.1) is 33.4 Å². The Bertz CT molecular complexity index is 1030. The van der Waals surface area contributed by atoms with Crippen molar-refractivity contribution >= 4 is 5.95 Å². The average molecular weight is 395 g/mol. The molecule has 152 valence electrons. The van der Waals surface area contributed by atoms with Crippen LogP contribution in [0.2, 0.25) is 0 Å². The van der Waals surface area contributed by atoms with Crippen LogP contribution < -0.4 is 19.5 Å². The average Bonchev–Trinajstić information content (AvgIpc) is 3.22. The van der Waals surface area contributed by atoms with E-state index in [9.17, 15) is 0 Å². The molecule has 8 nitrogen and oxygen atoms in total. The molecule has 0 bridgehead atoms. The molecule has 29 heavy (non-hydrogen) atoms. The summed E-state index contributed by atoms with van der Waals surface area (Å²) in [4.78, 5) is 0. The van der Waals surface area contributed by atoms with Gasteiger partial charge in [0.25, 0.3) is 0 Å². The van der Waals surface area contributed by atoms with Gasteiger partial charge in [-0.1, -0.05) is 23.3 Å². The molecule has 0 amide bonds. The van der Waals surface area contributed by atoms with Gasteiger partial charge in [0.15, 0.2) is 11.5 Å². The molecule has 0 fully saturated rings. The smallest absolute Gasteiger partial charge is 0.243 e. The van der Waals surface area contributed by atoms with Crippen LogP contribution in [0.5, 0.6) is 17.2 Å². The topological polar surface area (TPSA) is 83.3 Å². The summed E-state index contributed by atoms with van der Waals surface area (Å²) in [5.74, 6) is 2.42. The van der Waals surface area contributed by atoms with E-state index in [2.05, 4.69) is 52.9 Å². The molecule has 8 heteroatoms. The summed E-state index contributed by atoms with van der Waals surface area (Å²) in [5.41, 5.74) is 4.67. The number of aromatic nitrogens is 4. The Balaban J connectivity index is 1.80. The molecular formula is C21H25N5O3. The first-order valence-corrected chi connectivity index (χ1v) is 9.47. The van der Waals surface area contributed by atoms with Gasteiger partial charge in [-0.3, -0.25) is 0 Å². The molecule has 0 aliphatic carbocycles. The molecule has 1 aliphatic rings. The molecule has 1 N–H and O–H groups in total. The molecule has 0 unspecified atom stereocenters. The Labute approximate surface area is 169 Å². The maximum Gasteiger partial charge on any atom is 0.243 e. The summed E-state index contributed by atoms with van der Waals surface area (Å²) in [6.45, 7) is 4.24. The van der Waals surface area contributed by atoms with Crippen LogP contribution in [0, 0.1) is 13.8 Å². The lowest BCUT2D eigenvalue weighted by Crippen LogP contribution is -2.28. The number of hydrogen-bond acceptors (Lipinski definition) is 7. The minimum absolute atomic E-state index is 0.0654. The maximum atomic E-state index is 5.72. The number of tetrazole rings is 1. The molecule has 0 radical (unpaired) electrons. The highest BCUT2D eigenvalue weighted by Crippen LogP contribution is 2.46. The Kier molecular flexibility index (Phi) is 5.00. The lowest BCUT2D eigenvalue weighted by Gasteiger charge is -2.32. The molecular weight excluding hydrogens is 370 g/mol. The predicted octanol–water partition coefficient (Wildman–Crippen LogP) is 3.46. The Morgan fingerprint density at radius 3 is 2.45 bits per heavy atom. The van der Waals surface area contributed by atoms with E-state index in [-0.39, 0.29) is 12.1 Å². The number of anilines is 1. The van der Waals surface area contributed by atoms with Crippen LogP contribution in [-0.2, 0) is 0 Å². The first-order valence-electron chi connectivity index (χ1n) is 9.47. The summed E-state index contributed by atoms with van der Waals surface area (Å²) < 4.78 is 18.5. The SMILES string of the molecule is COc1ccc([C@@H]2C[C@@H](c3ccc(C)c(C)c3)Nc3nnnn32)c(OC)c1OC. The van der Waals surface area contributed by atoms with Crippen LogP contribution in [0.3, 0.4) is 0 Å². The molecule has 3 aromatic rings.